The molecule has 23 heavy (non-hydrogen) atoms. The van der Waals surface area contributed by atoms with Crippen molar-refractivity contribution in [2.45, 2.75) is 45.2 Å². The van der Waals surface area contributed by atoms with Gasteiger partial charge in [0.1, 0.15) is 0 Å². The lowest BCUT2D eigenvalue weighted by Crippen LogP contribution is -2.39. The predicted octanol–water partition coefficient (Wildman–Crippen LogP) is 3.23. The van der Waals surface area contributed by atoms with Gasteiger partial charge in [-0.15, -0.1) is 24.8 Å². The quantitative estimate of drug-likeness (QED) is 0.726. The van der Waals surface area contributed by atoms with Crippen molar-refractivity contribution >= 4 is 42.1 Å². The molecule has 1 aliphatic rings. The highest BCUT2D eigenvalue weighted by atomic mass is 35.5. The highest BCUT2D eigenvalue weighted by Crippen LogP contribution is 2.22. The lowest BCUT2D eigenvalue weighted by molar-refractivity contribution is -0.121. The number of hydrogen-bond acceptors (Lipinski definition) is 4. The second-order valence-electron chi connectivity index (χ2n) is 5.60. The molecule has 1 aromatic rings. The van der Waals surface area contributed by atoms with E-state index in [1.807, 2.05) is 0 Å². The van der Waals surface area contributed by atoms with Gasteiger partial charge in [-0.3, -0.25) is 9.69 Å². The van der Waals surface area contributed by atoms with Crippen molar-refractivity contribution in [1.29, 1.82) is 0 Å². The summed E-state index contributed by atoms with van der Waals surface area (Å²) in [6.07, 6.45) is 2.92. The van der Waals surface area contributed by atoms with Gasteiger partial charge in [-0.2, -0.15) is 11.3 Å². The van der Waals surface area contributed by atoms with Crippen molar-refractivity contribution < 1.29 is 4.79 Å². The molecular weight excluding hydrogens is 353 g/mol. The lowest BCUT2D eigenvalue weighted by Gasteiger charge is -2.29. The van der Waals surface area contributed by atoms with Gasteiger partial charge in [0.05, 0.1) is 6.04 Å². The zero-order valence-corrected chi connectivity index (χ0v) is 16.4. The number of rotatable bonds is 8. The minimum atomic E-state index is 0. The van der Waals surface area contributed by atoms with Gasteiger partial charge in [0.15, 0.2) is 0 Å². The summed E-state index contributed by atoms with van der Waals surface area (Å²) in [5, 5.41) is 10.8. The van der Waals surface area contributed by atoms with Crippen LogP contribution in [0.5, 0.6) is 0 Å². The Morgan fingerprint density at radius 3 is 2.70 bits per heavy atom. The van der Waals surface area contributed by atoms with Crippen LogP contribution in [0.15, 0.2) is 16.8 Å². The van der Waals surface area contributed by atoms with E-state index in [-0.39, 0.29) is 36.8 Å². The normalized spacial score (nSPS) is 18.1. The molecule has 1 aliphatic heterocycles. The van der Waals surface area contributed by atoms with E-state index in [9.17, 15) is 4.79 Å². The summed E-state index contributed by atoms with van der Waals surface area (Å²) in [6.45, 7) is 8.09. The number of amides is 1. The highest BCUT2D eigenvalue weighted by Gasteiger charge is 2.21. The molecule has 0 saturated carbocycles. The molecule has 2 unspecified atom stereocenters. The number of hydrogen-bond donors (Lipinski definition) is 2. The van der Waals surface area contributed by atoms with Crippen molar-refractivity contribution in [2.75, 3.05) is 26.2 Å². The van der Waals surface area contributed by atoms with Gasteiger partial charge < -0.3 is 10.6 Å². The number of nitrogens with one attached hydrogen (secondary N) is 2. The Labute approximate surface area is 156 Å². The number of carbonyl (C=O) groups excluding carboxylic acids is 1. The fraction of sp³-hybridized carbons (Fsp3) is 0.688. The van der Waals surface area contributed by atoms with Crippen LogP contribution in [0.3, 0.4) is 0 Å². The van der Waals surface area contributed by atoms with Crippen LogP contribution in [0.2, 0.25) is 0 Å². The van der Waals surface area contributed by atoms with Crippen LogP contribution in [0.4, 0.5) is 0 Å². The minimum Gasteiger partial charge on any atom is -0.354 e. The first-order valence-corrected chi connectivity index (χ1v) is 8.95. The molecule has 2 heterocycles. The van der Waals surface area contributed by atoms with Crippen LogP contribution in [0, 0.1) is 0 Å². The minimum absolute atomic E-state index is 0. The first-order chi connectivity index (χ1) is 10.2. The Kier molecular flexibility index (Phi) is 11.9. The maximum atomic E-state index is 12.1. The van der Waals surface area contributed by atoms with E-state index in [1.54, 1.807) is 11.3 Å². The van der Waals surface area contributed by atoms with E-state index >= 15 is 0 Å². The zero-order chi connectivity index (χ0) is 15.1. The second-order valence-corrected chi connectivity index (χ2v) is 6.38. The summed E-state index contributed by atoms with van der Waals surface area (Å²) < 4.78 is 0. The van der Waals surface area contributed by atoms with Crippen LogP contribution < -0.4 is 10.6 Å². The van der Waals surface area contributed by atoms with E-state index in [0.717, 1.165) is 26.1 Å². The molecule has 0 radical (unpaired) electrons. The Morgan fingerprint density at radius 2 is 2.17 bits per heavy atom. The first kappa shape index (κ1) is 22.7. The van der Waals surface area contributed by atoms with Crippen molar-refractivity contribution in [3.05, 3.63) is 22.4 Å². The van der Waals surface area contributed by atoms with Crippen LogP contribution in [0.25, 0.3) is 0 Å². The average Bonchev–Trinajstić information content (AvgIpc) is 3.16. The van der Waals surface area contributed by atoms with Crippen LogP contribution in [-0.2, 0) is 4.79 Å². The maximum Gasteiger partial charge on any atom is 0.221 e. The van der Waals surface area contributed by atoms with E-state index in [1.165, 1.54) is 12.0 Å². The summed E-state index contributed by atoms with van der Waals surface area (Å²) >= 11 is 1.72. The fourth-order valence-corrected chi connectivity index (χ4v) is 3.73. The number of likely N-dealkylation sites (N-methyl/N-ethyl adjacent to an activating group) is 1. The molecule has 2 N–H and O–H groups in total. The van der Waals surface area contributed by atoms with Gasteiger partial charge in [0.2, 0.25) is 5.91 Å². The molecule has 4 nitrogen and oxygen atoms in total. The molecule has 1 aromatic heterocycles. The second kappa shape index (κ2) is 12.1. The summed E-state index contributed by atoms with van der Waals surface area (Å²) in [5.41, 5.74) is 1.31. The molecule has 2 rings (SSSR count). The Bertz CT molecular complexity index is 421. The average molecular weight is 382 g/mol. The van der Waals surface area contributed by atoms with Gasteiger partial charge in [0.25, 0.3) is 0 Å². The van der Waals surface area contributed by atoms with Gasteiger partial charge in [-0.1, -0.05) is 13.8 Å². The third-order valence-electron chi connectivity index (χ3n) is 4.27. The number of nitrogens with zero attached hydrogens (tertiary/aromatic N) is 1. The maximum absolute atomic E-state index is 12.1. The largest absolute Gasteiger partial charge is 0.354 e. The molecule has 7 heteroatoms. The molecule has 0 spiro atoms. The van der Waals surface area contributed by atoms with Gasteiger partial charge in [-0.25, -0.2) is 0 Å². The molecule has 0 aromatic carbocycles. The molecule has 134 valence electrons. The van der Waals surface area contributed by atoms with Gasteiger partial charge in [-0.05, 0) is 54.9 Å². The third-order valence-corrected chi connectivity index (χ3v) is 4.97. The summed E-state index contributed by atoms with van der Waals surface area (Å²) in [5.74, 6) is 0.168. The third kappa shape index (κ3) is 6.98. The van der Waals surface area contributed by atoms with Crippen molar-refractivity contribution in [1.82, 2.24) is 15.5 Å². The standard InChI is InChI=1S/C16H27N3OS.2ClH/c1-3-19(4-2)15(13-7-9-21-12-13)11-18-16(20)10-14-6-5-8-17-14;;/h7,9,12,14-15,17H,3-6,8,10-11H2,1-2H3,(H,18,20);2*1H. The molecule has 0 aliphatic carbocycles. The Morgan fingerprint density at radius 1 is 1.43 bits per heavy atom. The van der Waals surface area contributed by atoms with Crippen LogP contribution in [0.1, 0.15) is 44.7 Å². The highest BCUT2D eigenvalue weighted by molar-refractivity contribution is 7.07. The molecular formula is C16H29Cl2N3OS. The van der Waals surface area contributed by atoms with E-state index in [2.05, 4.69) is 46.2 Å². The van der Waals surface area contributed by atoms with Crippen LogP contribution >= 0.6 is 36.2 Å². The zero-order valence-electron chi connectivity index (χ0n) is 13.9. The predicted molar refractivity (Wildman–Crippen MR) is 103 cm³/mol. The smallest absolute Gasteiger partial charge is 0.221 e. The van der Waals surface area contributed by atoms with E-state index in [0.29, 0.717) is 19.0 Å². The number of thiophene rings is 1. The number of halogens is 2. The summed E-state index contributed by atoms with van der Waals surface area (Å²) in [4.78, 5) is 14.5. The van der Waals surface area contributed by atoms with Crippen LogP contribution in [-0.4, -0.2) is 43.0 Å². The summed E-state index contributed by atoms with van der Waals surface area (Å²) in [7, 11) is 0. The van der Waals surface area contributed by atoms with E-state index in [4.69, 9.17) is 0 Å². The van der Waals surface area contributed by atoms with Crippen molar-refractivity contribution in [2.24, 2.45) is 0 Å². The van der Waals surface area contributed by atoms with E-state index < -0.39 is 0 Å². The molecule has 0 bridgehead atoms. The lowest BCUT2D eigenvalue weighted by atomic mass is 10.1. The Hall–Kier alpha value is -0.330. The fourth-order valence-electron chi connectivity index (χ4n) is 3.02. The summed E-state index contributed by atoms with van der Waals surface area (Å²) in [6, 6.07) is 2.82. The van der Waals surface area contributed by atoms with Gasteiger partial charge in [0, 0.05) is 19.0 Å². The SMILES string of the molecule is CCN(CC)C(CNC(=O)CC1CCCN1)c1ccsc1.Cl.Cl. The van der Waals surface area contributed by atoms with Crippen molar-refractivity contribution in [3.63, 3.8) is 0 Å². The molecule has 1 saturated heterocycles. The molecule has 2 atom stereocenters. The first-order valence-electron chi connectivity index (χ1n) is 8.00. The monoisotopic (exact) mass is 381 g/mol. The molecule has 1 fully saturated rings. The topological polar surface area (TPSA) is 44.4 Å². The Balaban J connectivity index is 0.00000242. The van der Waals surface area contributed by atoms with Gasteiger partial charge >= 0.3 is 0 Å². The number of carbonyl (C=O) groups is 1. The van der Waals surface area contributed by atoms with Crippen molar-refractivity contribution in [3.8, 4) is 0 Å². The molecule has 1 amide bonds.